The topological polar surface area (TPSA) is 127 Å². The Morgan fingerprint density at radius 3 is 2.87 bits per heavy atom. The fraction of sp³-hybridized carbons (Fsp3) is 0.238. The Hall–Kier alpha value is -3.88. The number of carbonyl (C=O) groups is 1. The molecule has 1 aliphatic rings. The lowest BCUT2D eigenvalue weighted by Crippen LogP contribution is -2.18. The van der Waals surface area contributed by atoms with E-state index in [-0.39, 0.29) is 11.1 Å². The van der Waals surface area contributed by atoms with Gasteiger partial charge in [0.25, 0.3) is 5.91 Å². The number of nitrogens with one attached hydrogen (secondary N) is 1. The molecule has 30 heavy (non-hydrogen) atoms. The van der Waals surface area contributed by atoms with E-state index in [2.05, 4.69) is 10.5 Å². The number of aromatic hydroxyl groups is 1. The Labute approximate surface area is 171 Å². The predicted octanol–water partition coefficient (Wildman–Crippen LogP) is 3.70. The Kier molecular flexibility index (Phi) is 5.09. The van der Waals surface area contributed by atoms with E-state index in [0.717, 1.165) is 37.0 Å². The number of rotatable bonds is 5. The van der Waals surface area contributed by atoms with E-state index in [9.17, 15) is 20.0 Å². The second-order valence-corrected chi connectivity index (χ2v) is 6.90. The number of para-hydroxylation sites is 1. The highest BCUT2D eigenvalue weighted by molar-refractivity contribution is 6.05. The molecule has 154 valence electrons. The molecular weight excluding hydrogens is 390 g/mol. The first kappa shape index (κ1) is 19.4. The van der Waals surface area contributed by atoms with Crippen molar-refractivity contribution in [3.8, 4) is 11.5 Å². The molecule has 3 aromatic rings. The quantitative estimate of drug-likeness (QED) is 0.376. The van der Waals surface area contributed by atoms with Crippen molar-refractivity contribution in [1.29, 1.82) is 0 Å². The first-order valence-corrected chi connectivity index (χ1v) is 9.42. The van der Waals surface area contributed by atoms with Crippen LogP contribution in [0.4, 0.5) is 5.69 Å². The van der Waals surface area contributed by atoms with Crippen molar-refractivity contribution < 1.29 is 24.0 Å². The van der Waals surface area contributed by atoms with Crippen LogP contribution >= 0.6 is 0 Å². The second kappa shape index (κ2) is 7.86. The lowest BCUT2D eigenvalue weighted by atomic mass is 9.93. The van der Waals surface area contributed by atoms with Gasteiger partial charge < -0.3 is 14.3 Å². The SMILES string of the molecule is COc1ccccc1C(=O)N/N=C\c1c(O)c([N+](=O)[O-])cc2oc3c(c12)CCCC3. The van der Waals surface area contributed by atoms with Gasteiger partial charge in [0.1, 0.15) is 17.1 Å². The number of nitrogens with zero attached hydrogens (tertiary/aromatic N) is 2. The number of nitro groups is 1. The number of amides is 1. The van der Waals surface area contributed by atoms with E-state index in [1.54, 1.807) is 24.3 Å². The Morgan fingerprint density at radius 2 is 2.10 bits per heavy atom. The monoisotopic (exact) mass is 409 g/mol. The Morgan fingerprint density at radius 1 is 1.33 bits per heavy atom. The summed E-state index contributed by atoms with van der Waals surface area (Å²) < 4.78 is 11.0. The van der Waals surface area contributed by atoms with E-state index < -0.39 is 22.3 Å². The first-order valence-electron chi connectivity index (χ1n) is 9.42. The number of carbonyl (C=O) groups excluding carboxylic acids is 1. The average Bonchev–Trinajstić information content (AvgIpc) is 3.13. The van der Waals surface area contributed by atoms with Crippen LogP contribution in [0, 0.1) is 10.1 Å². The number of methoxy groups -OCH3 is 1. The molecule has 9 heteroatoms. The third-order valence-electron chi connectivity index (χ3n) is 5.14. The smallest absolute Gasteiger partial charge is 0.315 e. The van der Waals surface area contributed by atoms with Gasteiger partial charge in [0.05, 0.1) is 35.4 Å². The number of fused-ring (bicyclic) bond motifs is 3. The third-order valence-corrected chi connectivity index (χ3v) is 5.14. The molecule has 2 N–H and O–H groups in total. The van der Waals surface area contributed by atoms with Crippen LogP contribution in [0.2, 0.25) is 0 Å². The van der Waals surface area contributed by atoms with Crippen LogP contribution in [-0.4, -0.2) is 29.3 Å². The molecule has 4 rings (SSSR count). The van der Waals surface area contributed by atoms with E-state index in [4.69, 9.17) is 9.15 Å². The van der Waals surface area contributed by atoms with Crippen LogP contribution in [0.1, 0.15) is 40.1 Å². The fourth-order valence-electron chi connectivity index (χ4n) is 3.75. The van der Waals surface area contributed by atoms with Crippen LogP contribution in [0.25, 0.3) is 11.0 Å². The predicted molar refractivity (Wildman–Crippen MR) is 109 cm³/mol. The van der Waals surface area contributed by atoms with Gasteiger partial charge in [-0.05, 0) is 31.4 Å². The summed E-state index contributed by atoms with van der Waals surface area (Å²) in [4.78, 5) is 23.1. The summed E-state index contributed by atoms with van der Waals surface area (Å²) in [5, 5.41) is 26.4. The summed E-state index contributed by atoms with van der Waals surface area (Å²) in [5.74, 6) is 0.120. The molecule has 0 saturated carbocycles. The summed E-state index contributed by atoms with van der Waals surface area (Å²) >= 11 is 0. The fourth-order valence-corrected chi connectivity index (χ4v) is 3.75. The van der Waals surface area contributed by atoms with Crippen LogP contribution in [0.3, 0.4) is 0 Å². The Bertz CT molecular complexity index is 1180. The van der Waals surface area contributed by atoms with Crippen molar-refractivity contribution in [3.63, 3.8) is 0 Å². The zero-order chi connectivity index (χ0) is 21.3. The molecule has 0 fully saturated rings. The van der Waals surface area contributed by atoms with Gasteiger partial charge in [-0.2, -0.15) is 5.10 Å². The lowest BCUT2D eigenvalue weighted by molar-refractivity contribution is -0.385. The van der Waals surface area contributed by atoms with Crippen molar-refractivity contribution in [2.75, 3.05) is 7.11 Å². The number of aryl methyl sites for hydroxylation is 2. The van der Waals surface area contributed by atoms with Gasteiger partial charge in [-0.15, -0.1) is 0 Å². The number of hydrazone groups is 1. The average molecular weight is 409 g/mol. The maximum atomic E-state index is 12.4. The molecule has 1 heterocycles. The van der Waals surface area contributed by atoms with Gasteiger partial charge in [-0.25, -0.2) is 5.43 Å². The molecular formula is C21H19N3O6. The van der Waals surface area contributed by atoms with Gasteiger partial charge in [0, 0.05) is 17.4 Å². The van der Waals surface area contributed by atoms with Crippen molar-refractivity contribution in [2.24, 2.45) is 5.10 Å². The lowest BCUT2D eigenvalue weighted by Gasteiger charge is -2.10. The minimum atomic E-state index is -0.680. The summed E-state index contributed by atoms with van der Waals surface area (Å²) in [7, 11) is 1.45. The molecule has 2 aromatic carbocycles. The van der Waals surface area contributed by atoms with Crippen molar-refractivity contribution in [1.82, 2.24) is 5.43 Å². The highest BCUT2D eigenvalue weighted by Gasteiger charge is 2.27. The maximum absolute atomic E-state index is 12.4. The minimum absolute atomic E-state index is 0.145. The minimum Gasteiger partial charge on any atom is -0.502 e. The summed E-state index contributed by atoms with van der Waals surface area (Å²) in [6.07, 6.45) is 4.62. The normalized spacial score (nSPS) is 13.4. The summed E-state index contributed by atoms with van der Waals surface area (Å²) in [5.41, 5.74) is 3.56. The van der Waals surface area contributed by atoms with Gasteiger partial charge in [0.2, 0.25) is 5.75 Å². The van der Waals surface area contributed by atoms with E-state index >= 15 is 0 Å². The van der Waals surface area contributed by atoms with Crippen LogP contribution in [0.15, 0.2) is 39.9 Å². The summed E-state index contributed by atoms with van der Waals surface area (Å²) in [6.45, 7) is 0. The van der Waals surface area contributed by atoms with Crippen molar-refractivity contribution in [2.45, 2.75) is 25.7 Å². The maximum Gasteiger partial charge on any atom is 0.315 e. The van der Waals surface area contributed by atoms with Crippen LogP contribution < -0.4 is 10.2 Å². The number of benzene rings is 2. The molecule has 0 radical (unpaired) electrons. The largest absolute Gasteiger partial charge is 0.502 e. The third kappa shape index (κ3) is 3.34. The number of phenolic OH excluding ortho intramolecular Hbond substituents is 1. The summed E-state index contributed by atoms with van der Waals surface area (Å²) in [6, 6.07) is 7.88. The Balaban J connectivity index is 1.74. The highest BCUT2D eigenvalue weighted by atomic mass is 16.6. The molecule has 0 saturated heterocycles. The van der Waals surface area contributed by atoms with Crippen LogP contribution in [-0.2, 0) is 12.8 Å². The van der Waals surface area contributed by atoms with E-state index in [0.29, 0.717) is 16.7 Å². The van der Waals surface area contributed by atoms with Crippen LogP contribution in [0.5, 0.6) is 11.5 Å². The zero-order valence-electron chi connectivity index (χ0n) is 16.2. The number of hydrogen-bond donors (Lipinski definition) is 2. The first-order chi connectivity index (χ1) is 14.5. The van der Waals surface area contributed by atoms with Crippen molar-refractivity contribution >= 4 is 28.8 Å². The van der Waals surface area contributed by atoms with Gasteiger partial charge >= 0.3 is 5.69 Å². The molecule has 0 aliphatic heterocycles. The number of nitro benzene ring substituents is 1. The molecule has 0 unspecified atom stereocenters. The second-order valence-electron chi connectivity index (χ2n) is 6.90. The molecule has 9 nitrogen and oxygen atoms in total. The molecule has 0 bridgehead atoms. The highest BCUT2D eigenvalue weighted by Crippen LogP contribution is 2.41. The standard InChI is InChI=1S/C21H19N3O6/c1-29-16-8-4-3-7-13(16)21(26)23-22-11-14-19-12-6-2-5-9-17(12)30-18(19)10-15(20(14)25)24(27)28/h3-4,7-8,10-11,25H,2,5-6,9H2,1H3,(H,23,26)/b22-11-. The number of ether oxygens (including phenoxy) is 1. The molecule has 1 aromatic heterocycles. The van der Waals surface area contributed by atoms with Gasteiger partial charge in [0.15, 0.2) is 0 Å². The molecule has 0 spiro atoms. The molecule has 1 aliphatic carbocycles. The number of furan rings is 1. The molecule has 1 amide bonds. The van der Waals surface area contributed by atoms with Crippen molar-refractivity contribution in [3.05, 3.63) is 62.9 Å². The number of phenols is 1. The van der Waals surface area contributed by atoms with Gasteiger partial charge in [-0.1, -0.05) is 12.1 Å². The number of hydrogen-bond acceptors (Lipinski definition) is 7. The van der Waals surface area contributed by atoms with Gasteiger partial charge in [-0.3, -0.25) is 14.9 Å². The van der Waals surface area contributed by atoms with E-state index in [1.165, 1.54) is 19.4 Å². The zero-order valence-corrected chi connectivity index (χ0v) is 16.2. The molecule has 0 atom stereocenters. The van der Waals surface area contributed by atoms with E-state index in [1.807, 2.05) is 0 Å².